The van der Waals surface area contributed by atoms with Crippen LogP contribution >= 0.6 is 11.6 Å². The van der Waals surface area contributed by atoms with Crippen LogP contribution in [-0.4, -0.2) is 34.7 Å². The number of hydrogen-bond acceptors (Lipinski definition) is 6. The summed E-state index contributed by atoms with van der Waals surface area (Å²) in [6.45, 7) is 2.37. The van der Waals surface area contributed by atoms with E-state index in [-0.39, 0.29) is 11.2 Å². The van der Waals surface area contributed by atoms with Crippen molar-refractivity contribution in [1.82, 2.24) is 15.0 Å². The van der Waals surface area contributed by atoms with Crippen LogP contribution in [0.1, 0.15) is 19.3 Å². The highest BCUT2D eigenvalue weighted by Gasteiger charge is 2.20. The first-order chi connectivity index (χ1) is 8.24. The molecule has 1 aromatic heterocycles. The molecule has 94 valence electrons. The van der Waals surface area contributed by atoms with Gasteiger partial charge in [-0.15, -0.1) is 0 Å². The maximum atomic E-state index is 5.65. The van der Waals surface area contributed by atoms with Crippen molar-refractivity contribution in [2.24, 2.45) is 5.92 Å². The number of halogens is 1. The Balaban J connectivity index is 1.59. The smallest absolute Gasteiger partial charge is 0.228 e. The summed E-state index contributed by atoms with van der Waals surface area (Å²) >= 11 is 5.65. The Hall–Kier alpha value is -1.14. The molecule has 0 aromatic carbocycles. The lowest BCUT2D eigenvalue weighted by molar-refractivity contribution is 0.124. The Morgan fingerprint density at radius 2 is 2.18 bits per heavy atom. The van der Waals surface area contributed by atoms with Crippen LogP contribution in [0.2, 0.25) is 5.28 Å². The Morgan fingerprint density at radius 3 is 2.88 bits per heavy atom. The molecule has 0 amide bonds. The van der Waals surface area contributed by atoms with Crippen molar-refractivity contribution in [2.75, 3.05) is 30.8 Å². The van der Waals surface area contributed by atoms with Crippen LogP contribution in [0.25, 0.3) is 0 Å². The van der Waals surface area contributed by atoms with Gasteiger partial charge < -0.3 is 15.8 Å². The van der Waals surface area contributed by atoms with Gasteiger partial charge in [0.05, 0.1) is 0 Å². The zero-order valence-corrected chi connectivity index (χ0v) is 10.3. The second-order valence-electron chi connectivity index (χ2n) is 4.08. The second kappa shape index (κ2) is 5.97. The van der Waals surface area contributed by atoms with Crippen LogP contribution in [0.15, 0.2) is 0 Å². The highest BCUT2D eigenvalue weighted by atomic mass is 35.5. The highest BCUT2D eigenvalue weighted by Crippen LogP contribution is 2.28. The molecule has 7 heteroatoms. The van der Waals surface area contributed by atoms with Crippen LogP contribution in [0.5, 0.6) is 0 Å². The fourth-order valence-corrected chi connectivity index (χ4v) is 1.52. The number of nitrogen functional groups attached to an aromatic ring is 1. The molecule has 1 aliphatic carbocycles. The topological polar surface area (TPSA) is 86.0 Å². The summed E-state index contributed by atoms with van der Waals surface area (Å²) in [6, 6.07) is 0. The third-order valence-corrected chi connectivity index (χ3v) is 2.59. The van der Waals surface area contributed by atoms with Crippen LogP contribution in [0.3, 0.4) is 0 Å². The third kappa shape index (κ3) is 4.70. The minimum Gasteiger partial charge on any atom is -0.381 e. The lowest BCUT2D eigenvalue weighted by Crippen LogP contribution is -2.10. The predicted octanol–water partition coefficient (Wildman–Crippen LogP) is 1.34. The average Bonchev–Trinajstić information content (AvgIpc) is 3.05. The Labute approximate surface area is 105 Å². The van der Waals surface area contributed by atoms with Crippen molar-refractivity contribution in [1.29, 1.82) is 0 Å². The fraction of sp³-hybridized carbons (Fsp3) is 0.700. The van der Waals surface area contributed by atoms with Gasteiger partial charge in [-0.25, -0.2) is 0 Å². The van der Waals surface area contributed by atoms with Gasteiger partial charge in [0.1, 0.15) is 0 Å². The van der Waals surface area contributed by atoms with E-state index in [0.717, 1.165) is 32.1 Å². The number of nitrogens with one attached hydrogen (secondary N) is 1. The van der Waals surface area contributed by atoms with E-state index in [1.165, 1.54) is 12.8 Å². The number of rotatable bonds is 7. The normalized spacial score (nSPS) is 14.9. The number of nitrogens with zero attached hydrogens (tertiary/aromatic N) is 3. The largest absolute Gasteiger partial charge is 0.381 e. The molecule has 0 bridgehead atoms. The molecule has 0 spiro atoms. The molecule has 3 N–H and O–H groups in total. The number of aromatic nitrogens is 3. The summed E-state index contributed by atoms with van der Waals surface area (Å²) in [5.74, 6) is 1.34. The van der Waals surface area contributed by atoms with Crippen molar-refractivity contribution < 1.29 is 4.74 Å². The number of ether oxygens (including phenoxy) is 1. The van der Waals surface area contributed by atoms with E-state index >= 15 is 0 Å². The van der Waals surface area contributed by atoms with Gasteiger partial charge in [0, 0.05) is 19.8 Å². The quantitative estimate of drug-likeness (QED) is 0.717. The highest BCUT2D eigenvalue weighted by molar-refractivity contribution is 6.28. The fourth-order valence-electron chi connectivity index (χ4n) is 1.35. The van der Waals surface area contributed by atoms with E-state index < -0.39 is 0 Å². The molecule has 0 saturated heterocycles. The van der Waals surface area contributed by atoms with Gasteiger partial charge in [0.2, 0.25) is 17.2 Å². The molecule has 2 rings (SSSR count). The summed E-state index contributed by atoms with van der Waals surface area (Å²) in [6.07, 6.45) is 3.54. The first-order valence-electron chi connectivity index (χ1n) is 5.72. The minimum atomic E-state index is 0.102. The Morgan fingerprint density at radius 1 is 1.35 bits per heavy atom. The maximum Gasteiger partial charge on any atom is 0.228 e. The number of nitrogens with two attached hydrogens (primary N) is 1. The lowest BCUT2D eigenvalue weighted by Gasteiger charge is -2.05. The standard InChI is InChI=1S/C10H16ClN5O/c11-8-14-9(12)16-10(15-8)13-4-1-5-17-6-7-2-3-7/h7H,1-6H2,(H3,12,13,14,15,16). The van der Waals surface area contributed by atoms with Crippen LogP contribution < -0.4 is 11.1 Å². The molecule has 1 saturated carbocycles. The summed E-state index contributed by atoms with van der Waals surface area (Å²) in [7, 11) is 0. The summed E-state index contributed by atoms with van der Waals surface area (Å²) in [4.78, 5) is 11.5. The molecule has 1 aliphatic rings. The minimum absolute atomic E-state index is 0.102. The molecule has 1 heterocycles. The lowest BCUT2D eigenvalue weighted by atomic mass is 10.4. The first kappa shape index (κ1) is 12.3. The van der Waals surface area contributed by atoms with Crippen LogP contribution in [0.4, 0.5) is 11.9 Å². The van der Waals surface area contributed by atoms with E-state index in [4.69, 9.17) is 22.1 Å². The van der Waals surface area contributed by atoms with E-state index in [2.05, 4.69) is 20.3 Å². The van der Waals surface area contributed by atoms with Crippen LogP contribution in [-0.2, 0) is 4.74 Å². The molecular weight excluding hydrogens is 242 g/mol. The SMILES string of the molecule is Nc1nc(Cl)nc(NCCCOCC2CC2)n1. The zero-order chi connectivity index (χ0) is 12.1. The Kier molecular flexibility index (Phi) is 4.33. The number of hydrogen-bond donors (Lipinski definition) is 2. The maximum absolute atomic E-state index is 5.65. The monoisotopic (exact) mass is 257 g/mol. The number of anilines is 2. The average molecular weight is 258 g/mol. The molecule has 6 nitrogen and oxygen atoms in total. The van der Waals surface area contributed by atoms with E-state index in [1.807, 2.05) is 0 Å². The van der Waals surface area contributed by atoms with Crippen molar-refractivity contribution in [3.63, 3.8) is 0 Å². The summed E-state index contributed by atoms with van der Waals surface area (Å²) < 4.78 is 5.50. The van der Waals surface area contributed by atoms with E-state index in [0.29, 0.717) is 5.95 Å². The predicted molar refractivity (Wildman–Crippen MR) is 65.9 cm³/mol. The summed E-state index contributed by atoms with van der Waals surface area (Å²) in [5.41, 5.74) is 5.44. The molecule has 0 radical (unpaired) electrons. The molecule has 1 fully saturated rings. The van der Waals surface area contributed by atoms with Gasteiger partial charge in [-0.2, -0.15) is 15.0 Å². The Bertz CT molecular complexity index is 351. The van der Waals surface area contributed by atoms with Gasteiger partial charge in [-0.3, -0.25) is 0 Å². The van der Waals surface area contributed by atoms with Crippen molar-refractivity contribution in [2.45, 2.75) is 19.3 Å². The van der Waals surface area contributed by atoms with Gasteiger partial charge in [0.25, 0.3) is 0 Å². The van der Waals surface area contributed by atoms with Gasteiger partial charge >= 0.3 is 0 Å². The van der Waals surface area contributed by atoms with Crippen LogP contribution in [0, 0.1) is 5.92 Å². The first-order valence-corrected chi connectivity index (χ1v) is 6.10. The molecular formula is C10H16ClN5O. The molecule has 0 atom stereocenters. The van der Waals surface area contributed by atoms with E-state index in [9.17, 15) is 0 Å². The molecule has 17 heavy (non-hydrogen) atoms. The molecule has 1 aromatic rings. The van der Waals surface area contributed by atoms with Gasteiger partial charge in [-0.05, 0) is 36.8 Å². The van der Waals surface area contributed by atoms with Crippen molar-refractivity contribution >= 4 is 23.5 Å². The second-order valence-corrected chi connectivity index (χ2v) is 4.42. The van der Waals surface area contributed by atoms with Gasteiger partial charge in [-0.1, -0.05) is 0 Å². The van der Waals surface area contributed by atoms with Gasteiger partial charge in [0.15, 0.2) is 0 Å². The summed E-state index contributed by atoms with van der Waals surface area (Å²) in [5, 5.41) is 3.13. The molecule has 0 unspecified atom stereocenters. The zero-order valence-electron chi connectivity index (χ0n) is 9.53. The van der Waals surface area contributed by atoms with E-state index in [1.54, 1.807) is 0 Å². The van der Waals surface area contributed by atoms with Crippen molar-refractivity contribution in [3.05, 3.63) is 5.28 Å². The molecule has 0 aliphatic heterocycles. The van der Waals surface area contributed by atoms with Crippen molar-refractivity contribution in [3.8, 4) is 0 Å². The third-order valence-electron chi connectivity index (χ3n) is 2.42.